The third-order valence-corrected chi connectivity index (χ3v) is 6.20. The topological polar surface area (TPSA) is 91.2 Å². The smallest absolute Gasteiger partial charge is 0.230 e. The first-order chi connectivity index (χ1) is 15.1. The number of hydrogen-bond acceptors (Lipinski definition) is 7. The lowest BCUT2D eigenvalue weighted by molar-refractivity contribution is -0.119. The molecule has 1 fully saturated rings. The van der Waals surface area contributed by atoms with Crippen LogP contribution >= 0.6 is 11.8 Å². The van der Waals surface area contributed by atoms with E-state index in [0.717, 1.165) is 41.7 Å². The number of benzene rings is 1. The summed E-state index contributed by atoms with van der Waals surface area (Å²) in [7, 11) is 1.64. The van der Waals surface area contributed by atoms with Gasteiger partial charge in [-0.25, -0.2) is 4.68 Å². The van der Waals surface area contributed by atoms with Crippen molar-refractivity contribution < 1.29 is 14.3 Å². The third-order valence-electron chi connectivity index (χ3n) is 5.25. The molecule has 1 aliphatic rings. The van der Waals surface area contributed by atoms with Crippen molar-refractivity contribution in [2.75, 3.05) is 26.0 Å². The van der Waals surface area contributed by atoms with E-state index in [0.29, 0.717) is 17.3 Å². The first-order valence-electron chi connectivity index (χ1n) is 10.5. The van der Waals surface area contributed by atoms with E-state index < -0.39 is 0 Å². The average Bonchev–Trinajstić information content (AvgIpc) is 3.46. The molecule has 0 saturated carbocycles. The molecule has 1 N–H and O–H groups in total. The molecule has 8 nitrogen and oxygen atoms in total. The van der Waals surface area contributed by atoms with Crippen LogP contribution in [0.4, 0.5) is 0 Å². The number of hydrogen-bond donors (Lipinski definition) is 1. The van der Waals surface area contributed by atoms with Crippen LogP contribution in [-0.2, 0) is 9.53 Å². The number of carbonyl (C=O) groups is 1. The molecule has 1 amide bonds. The number of ether oxygens (including phenoxy) is 2. The summed E-state index contributed by atoms with van der Waals surface area (Å²) in [6.07, 6.45) is 3.98. The van der Waals surface area contributed by atoms with Gasteiger partial charge in [0, 0.05) is 18.5 Å². The van der Waals surface area contributed by atoms with Crippen LogP contribution < -0.4 is 10.1 Å². The molecule has 3 aromatic rings. The van der Waals surface area contributed by atoms with E-state index in [4.69, 9.17) is 9.47 Å². The lowest BCUT2D eigenvalue weighted by Crippen LogP contribution is -2.32. The molecule has 1 saturated heterocycles. The molecular weight excluding hydrogens is 414 g/mol. The lowest BCUT2D eigenvalue weighted by Gasteiger charge is -2.13. The van der Waals surface area contributed by atoms with E-state index >= 15 is 0 Å². The molecule has 1 aromatic carbocycles. The van der Waals surface area contributed by atoms with Crippen molar-refractivity contribution in [3.05, 3.63) is 36.2 Å². The minimum absolute atomic E-state index is 0.0493. The van der Waals surface area contributed by atoms with Gasteiger partial charge in [-0.05, 0) is 30.9 Å². The number of nitrogens with zero attached hydrogens (tertiary/aromatic N) is 4. The van der Waals surface area contributed by atoms with Crippen LogP contribution in [0, 0.1) is 0 Å². The predicted octanol–water partition coefficient (Wildman–Crippen LogP) is 3.33. The van der Waals surface area contributed by atoms with Crippen LogP contribution in [0.25, 0.3) is 16.6 Å². The molecule has 164 valence electrons. The van der Waals surface area contributed by atoms with Crippen LogP contribution in [0.15, 0.2) is 35.5 Å². The molecule has 2 aromatic heterocycles. The van der Waals surface area contributed by atoms with Crippen molar-refractivity contribution in [3.8, 4) is 11.4 Å². The Morgan fingerprint density at radius 2 is 2.19 bits per heavy atom. The molecule has 1 atom stereocenters. The van der Waals surface area contributed by atoms with Crippen molar-refractivity contribution in [2.24, 2.45) is 0 Å². The summed E-state index contributed by atoms with van der Waals surface area (Å²) in [5.74, 6) is 1.10. The third kappa shape index (κ3) is 4.67. The number of aromatic nitrogens is 4. The zero-order chi connectivity index (χ0) is 21.8. The van der Waals surface area contributed by atoms with Gasteiger partial charge in [-0.3, -0.25) is 4.79 Å². The summed E-state index contributed by atoms with van der Waals surface area (Å²) in [4.78, 5) is 12.4. The Balaban J connectivity index is 1.62. The van der Waals surface area contributed by atoms with Gasteiger partial charge in [-0.1, -0.05) is 37.7 Å². The number of carbonyl (C=O) groups excluding carboxylic acids is 1. The van der Waals surface area contributed by atoms with Crippen molar-refractivity contribution in [1.29, 1.82) is 0 Å². The fourth-order valence-electron chi connectivity index (χ4n) is 3.67. The van der Waals surface area contributed by atoms with Crippen LogP contribution in [0.1, 0.15) is 38.3 Å². The largest absolute Gasteiger partial charge is 0.494 e. The summed E-state index contributed by atoms with van der Waals surface area (Å²) in [5.41, 5.74) is 2.52. The van der Waals surface area contributed by atoms with E-state index in [9.17, 15) is 4.79 Å². The molecule has 4 rings (SSSR count). The molecule has 0 bridgehead atoms. The molecule has 9 heteroatoms. The lowest BCUT2D eigenvalue weighted by atomic mass is 10.1. The van der Waals surface area contributed by atoms with Crippen molar-refractivity contribution >= 4 is 28.6 Å². The quantitative estimate of drug-likeness (QED) is 0.536. The van der Waals surface area contributed by atoms with E-state index in [1.807, 2.05) is 35.1 Å². The zero-order valence-electron chi connectivity index (χ0n) is 18.0. The molecule has 1 unspecified atom stereocenters. The Bertz CT molecular complexity index is 1060. The maximum absolute atomic E-state index is 12.4. The molecule has 3 heterocycles. The Labute approximate surface area is 185 Å². The standard InChI is InChI=1S/C22H27N5O3S/c1-14(2)20-16-12-24-27(17-8-4-5-9-18(17)29-3)21(16)22(26-25-20)31-13-19(28)23-11-15-7-6-10-30-15/h4-5,8-9,12,14-15H,6-7,10-11,13H2,1-3H3,(H,23,28). The van der Waals surface area contributed by atoms with Crippen LogP contribution in [-0.4, -0.2) is 58.0 Å². The monoisotopic (exact) mass is 441 g/mol. The summed E-state index contributed by atoms with van der Waals surface area (Å²) in [6.45, 7) is 5.48. The maximum Gasteiger partial charge on any atom is 0.230 e. The second-order valence-corrected chi connectivity index (χ2v) is 8.73. The summed E-state index contributed by atoms with van der Waals surface area (Å²) in [6, 6.07) is 7.70. The average molecular weight is 442 g/mol. The van der Waals surface area contributed by atoms with Gasteiger partial charge in [0.15, 0.2) is 0 Å². The SMILES string of the molecule is COc1ccccc1-n1ncc2c(C(C)C)nnc(SCC(=O)NCC3CCCO3)c21. The first kappa shape index (κ1) is 21.6. The number of nitrogens with one attached hydrogen (secondary N) is 1. The molecule has 0 radical (unpaired) electrons. The van der Waals surface area contributed by atoms with E-state index in [2.05, 4.69) is 34.5 Å². The van der Waals surface area contributed by atoms with Gasteiger partial charge >= 0.3 is 0 Å². The van der Waals surface area contributed by atoms with Gasteiger partial charge in [0.2, 0.25) is 5.91 Å². The number of para-hydroxylation sites is 2. The van der Waals surface area contributed by atoms with E-state index in [1.54, 1.807) is 7.11 Å². The second kappa shape index (κ2) is 9.65. The van der Waals surface area contributed by atoms with Crippen LogP contribution in [0.3, 0.4) is 0 Å². The molecule has 0 spiro atoms. The minimum atomic E-state index is -0.0493. The normalized spacial score (nSPS) is 16.2. The highest BCUT2D eigenvalue weighted by atomic mass is 32.2. The highest BCUT2D eigenvalue weighted by molar-refractivity contribution is 8.00. The number of fused-ring (bicyclic) bond motifs is 1. The zero-order valence-corrected chi connectivity index (χ0v) is 18.8. The highest BCUT2D eigenvalue weighted by Crippen LogP contribution is 2.33. The van der Waals surface area contributed by atoms with Crippen LogP contribution in [0.2, 0.25) is 0 Å². The molecular formula is C22H27N5O3S. The van der Waals surface area contributed by atoms with E-state index in [1.165, 1.54) is 11.8 Å². The van der Waals surface area contributed by atoms with Crippen molar-refractivity contribution in [3.63, 3.8) is 0 Å². The van der Waals surface area contributed by atoms with Gasteiger partial charge < -0.3 is 14.8 Å². The van der Waals surface area contributed by atoms with E-state index in [-0.39, 0.29) is 23.7 Å². The molecule has 31 heavy (non-hydrogen) atoms. The van der Waals surface area contributed by atoms with Gasteiger partial charge in [0.25, 0.3) is 0 Å². The summed E-state index contributed by atoms with van der Waals surface area (Å²) in [5, 5.41) is 18.1. The first-order valence-corrected chi connectivity index (χ1v) is 11.5. The van der Waals surface area contributed by atoms with Gasteiger partial charge in [0.1, 0.15) is 22.0 Å². The fourth-order valence-corrected chi connectivity index (χ4v) is 4.47. The van der Waals surface area contributed by atoms with Gasteiger partial charge in [0.05, 0.1) is 30.9 Å². The van der Waals surface area contributed by atoms with Gasteiger partial charge in [-0.2, -0.15) is 10.2 Å². The van der Waals surface area contributed by atoms with Crippen molar-refractivity contribution in [2.45, 2.75) is 43.7 Å². The second-order valence-electron chi connectivity index (χ2n) is 7.76. The summed E-state index contributed by atoms with van der Waals surface area (Å²) >= 11 is 1.36. The molecule has 0 aliphatic carbocycles. The Morgan fingerprint density at radius 3 is 2.94 bits per heavy atom. The number of rotatable bonds is 8. The highest BCUT2D eigenvalue weighted by Gasteiger charge is 2.21. The van der Waals surface area contributed by atoms with Crippen molar-refractivity contribution in [1.82, 2.24) is 25.3 Å². The Morgan fingerprint density at radius 1 is 1.35 bits per heavy atom. The number of methoxy groups -OCH3 is 1. The predicted molar refractivity (Wildman–Crippen MR) is 120 cm³/mol. The molecule has 1 aliphatic heterocycles. The number of amides is 1. The minimum Gasteiger partial charge on any atom is -0.494 e. The fraction of sp³-hybridized carbons (Fsp3) is 0.455. The summed E-state index contributed by atoms with van der Waals surface area (Å²) < 4.78 is 12.9. The Hall–Kier alpha value is -2.65. The Kier molecular flexibility index (Phi) is 6.72. The van der Waals surface area contributed by atoms with Gasteiger partial charge in [-0.15, -0.1) is 5.10 Å². The maximum atomic E-state index is 12.4. The number of thioether (sulfide) groups is 1. The van der Waals surface area contributed by atoms with Crippen LogP contribution in [0.5, 0.6) is 5.75 Å².